The van der Waals surface area contributed by atoms with Crippen molar-refractivity contribution in [2.24, 2.45) is 17.6 Å². The quantitative estimate of drug-likeness (QED) is 0.785. The van der Waals surface area contributed by atoms with E-state index in [4.69, 9.17) is 10.5 Å². The van der Waals surface area contributed by atoms with Crippen LogP contribution in [0.3, 0.4) is 0 Å². The Bertz CT molecular complexity index is 764. The average molecular weight is 352 g/mol. The molecule has 1 saturated carbocycles. The Kier molecular flexibility index (Phi) is 5.23. The Morgan fingerprint density at radius 1 is 1.12 bits per heavy atom. The summed E-state index contributed by atoms with van der Waals surface area (Å²) in [5, 5.41) is 5.77. The number of amides is 1. The molecule has 0 radical (unpaired) electrons. The van der Waals surface area contributed by atoms with Gasteiger partial charge in [-0.1, -0.05) is 42.5 Å². The molecule has 3 N–H and O–H groups in total. The first-order valence-corrected chi connectivity index (χ1v) is 9.82. The number of hydrogen-bond donors (Lipinski definition) is 2. The van der Waals surface area contributed by atoms with Gasteiger partial charge in [-0.05, 0) is 60.9 Å². The van der Waals surface area contributed by atoms with E-state index in [2.05, 4.69) is 47.8 Å². The number of fused-ring (bicyclic) bond motifs is 1. The molecule has 0 aromatic heterocycles. The normalized spacial score (nSPS) is 26.4. The van der Waals surface area contributed by atoms with Crippen LogP contribution in [0, 0.1) is 11.8 Å². The van der Waals surface area contributed by atoms with Gasteiger partial charge >= 0.3 is 0 Å². The maximum atomic E-state index is 12.7. The maximum Gasteiger partial charge on any atom is 0.223 e. The zero-order valence-electron chi connectivity index (χ0n) is 15.2. The second-order valence-corrected chi connectivity index (χ2v) is 7.83. The highest BCUT2D eigenvalue weighted by atomic mass is 16.6. The van der Waals surface area contributed by atoms with Crippen LogP contribution in [-0.2, 0) is 16.0 Å². The molecule has 4 heteroatoms. The van der Waals surface area contributed by atoms with Crippen molar-refractivity contribution in [2.45, 2.75) is 44.2 Å². The molecule has 138 valence electrons. The second kappa shape index (κ2) is 7.77. The van der Waals surface area contributed by atoms with Crippen LogP contribution in [0.2, 0.25) is 0 Å². The van der Waals surface area contributed by atoms with Crippen molar-refractivity contribution in [3.63, 3.8) is 0 Å². The summed E-state index contributed by atoms with van der Waals surface area (Å²) in [5.41, 5.74) is 7.01. The Labute approximate surface area is 155 Å². The van der Waals surface area contributed by atoms with E-state index in [1.54, 1.807) is 0 Å². The topological polar surface area (TPSA) is 67.7 Å². The number of nitrogens with two attached hydrogens (primary N) is 1. The zero-order chi connectivity index (χ0) is 17.9. The summed E-state index contributed by atoms with van der Waals surface area (Å²) in [6, 6.07) is 15.0. The van der Waals surface area contributed by atoms with Crippen molar-refractivity contribution in [3.8, 4) is 0 Å². The molecule has 1 aliphatic heterocycles. The molecular formula is C22H28N2O2. The summed E-state index contributed by atoms with van der Waals surface area (Å²) < 4.78 is 5.52. The number of carbonyl (C=O) groups excluding carboxylic acids is 1. The van der Waals surface area contributed by atoms with Gasteiger partial charge in [-0.3, -0.25) is 4.79 Å². The molecule has 4 nitrogen and oxygen atoms in total. The lowest BCUT2D eigenvalue weighted by atomic mass is 9.81. The minimum absolute atomic E-state index is 0.0656. The number of epoxide rings is 1. The Morgan fingerprint density at radius 3 is 2.54 bits per heavy atom. The highest BCUT2D eigenvalue weighted by Gasteiger charge is 2.35. The van der Waals surface area contributed by atoms with E-state index < -0.39 is 0 Å². The van der Waals surface area contributed by atoms with E-state index in [9.17, 15) is 4.79 Å². The van der Waals surface area contributed by atoms with Crippen LogP contribution in [0.15, 0.2) is 42.5 Å². The van der Waals surface area contributed by atoms with Gasteiger partial charge in [-0.2, -0.15) is 0 Å². The molecule has 2 fully saturated rings. The molecular weight excluding hydrogens is 324 g/mol. The maximum absolute atomic E-state index is 12.7. The van der Waals surface area contributed by atoms with Crippen LogP contribution in [-0.4, -0.2) is 31.2 Å². The average Bonchev–Trinajstić information content (AvgIpc) is 3.52. The number of benzene rings is 2. The molecule has 2 aromatic rings. The standard InChI is InChI=1S/C22H28N2O2/c23-13-15-5-9-18(10-6-15)22(25)24-20(21-14-26-21)12-16-7-8-17-3-1-2-4-19(17)11-16/h1-4,7-8,11,15,18,20-21H,5-6,9-10,12-14,23H2,(H,24,25). The van der Waals surface area contributed by atoms with Crippen molar-refractivity contribution < 1.29 is 9.53 Å². The van der Waals surface area contributed by atoms with Crippen LogP contribution in [0.5, 0.6) is 0 Å². The van der Waals surface area contributed by atoms with Crippen LogP contribution < -0.4 is 11.1 Å². The summed E-state index contributed by atoms with van der Waals surface area (Å²) in [6.45, 7) is 1.49. The van der Waals surface area contributed by atoms with Crippen molar-refractivity contribution >= 4 is 16.7 Å². The molecule has 26 heavy (non-hydrogen) atoms. The van der Waals surface area contributed by atoms with E-state index in [1.165, 1.54) is 16.3 Å². The lowest BCUT2D eigenvalue weighted by Gasteiger charge is -2.28. The van der Waals surface area contributed by atoms with Gasteiger partial charge in [0.25, 0.3) is 0 Å². The summed E-state index contributed by atoms with van der Waals surface area (Å²) in [4.78, 5) is 12.7. The fourth-order valence-electron chi connectivity index (χ4n) is 4.14. The minimum Gasteiger partial charge on any atom is -0.371 e. The molecule has 4 rings (SSSR count). The molecule has 2 aromatic carbocycles. The predicted octanol–water partition coefficient (Wildman–Crippen LogP) is 3.03. The monoisotopic (exact) mass is 352 g/mol. The van der Waals surface area contributed by atoms with Crippen LogP contribution in [0.4, 0.5) is 0 Å². The molecule has 0 spiro atoms. The first-order valence-electron chi connectivity index (χ1n) is 9.82. The van der Waals surface area contributed by atoms with E-state index in [-0.39, 0.29) is 24.0 Å². The van der Waals surface area contributed by atoms with Crippen molar-refractivity contribution in [2.75, 3.05) is 13.2 Å². The lowest BCUT2D eigenvalue weighted by Crippen LogP contribution is -2.44. The van der Waals surface area contributed by atoms with Crippen molar-refractivity contribution in [3.05, 3.63) is 48.0 Å². The molecule has 1 amide bonds. The minimum atomic E-state index is 0.0656. The first kappa shape index (κ1) is 17.5. The summed E-state index contributed by atoms with van der Waals surface area (Å²) in [6.07, 6.45) is 5.04. The molecule has 2 aliphatic rings. The number of hydrogen-bond acceptors (Lipinski definition) is 3. The van der Waals surface area contributed by atoms with Gasteiger partial charge in [0.15, 0.2) is 0 Å². The molecule has 0 bridgehead atoms. The van der Waals surface area contributed by atoms with Gasteiger partial charge in [0.05, 0.1) is 12.6 Å². The third kappa shape index (κ3) is 4.08. The van der Waals surface area contributed by atoms with Gasteiger partial charge in [-0.15, -0.1) is 0 Å². The summed E-state index contributed by atoms with van der Waals surface area (Å²) in [5.74, 6) is 0.927. The Morgan fingerprint density at radius 2 is 1.85 bits per heavy atom. The van der Waals surface area contributed by atoms with Crippen LogP contribution in [0.25, 0.3) is 10.8 Å². The van der Waals surface area contributed by atoms with E-state index in [0.717, 1.165) is 45.3 Å². The van der Waals surface area contributed by atoms with Gasteiger partial charge < -0.3 is 15.8 Å². The Balaban J connectivity index is 1.40. The van der Waals surface area contributed by atoms with Gasteiger partial charge in [0, 0.05) is 5.92 Å². The molecule has 1 saturated heterocycles. The number of carbonyl (C=O) groups is 1. The highest BCUT2D eigenvalue weighted by Crippen LogP contribution is 2.29. The Hall–Kier alpha value is -1.91. The van der Waals surface area contributed by atoms with Crippen LogP contribution in [0.1, 0.15) is 31.2 Å². The summed E-state index contributed by atoms with van der Waals surface area (Å²) in [7, 11) is 0. The van der Waals surface area contributed by atoms with Crippen molar-refractivity contribution in [1.29, 1.82) is 0 Å². The smallest absolute Gasteiger partial charge is 0.223 e. The number of ether oxygens (including phenoxy) is 1. The predicted molar refractivity (Wildman–Crippen MR) is 104 cm³/mol. The lowest BCUT2D eigenvalue weighted by molar-refractivity contribution is -0.127. The van der Waals surface area contributed by atoms with Crippen LogP contribution >= 0.6 is 0 Å². The number of rotatable bonds is 6. The fourth-order valence-corrected chi connectivity index (χ4v) is 4.14. The number of nitrogens with one attached hydrogen (secondary N) is 1. The molecule has 2 unspecified atom stereocenters. The van der Waals surface area contributed by atoms with Gasteiger partial charge in [0.2, 0.25) is 5.91 Å². The second-order valence-electron chi connectivity index (χ2n) is 7.83. The van der Waals surface area contributed by atoms with Gasteiger partial charge in [-0.25, -0.2) is 0 Å². The highest BCUT2D eigenvalue weighted by molar-refractivity contribution is 5.83. The fraction of sp³-hybridized carbons (Fsp3) is 0.500. The van der Waals surface area contributed by atoms with E-state index in [0.29, 0.717) is 5.92 Å². The molecule has 2 atom stereocenters. The van der Waals surface area contributed by atoms with E-state index >= 15 is 0 Å². The van der Waals surface area contributed by atoms with Crippen molar-refractivity contribution in [1.82, 2.24) is 5.32 Å². The molecule has 1 aliphatic carbocycles. The summed E-state index contributed by atoms with van der Waals surface area (Å²) >= 11 is 0. The van der Waals surface area contributed by atoms with Gasteiger partial charge in [0.1, 0.15) is 6.10 Å². The largest absolute Gasteiger partial charge is 0.371 e. The molecule has 1 heterocycles. The zero-order valence-corrected chi connectivity index (χ0v) is 15.2. The third-order valence-electron chi connectivity index (χ3n) is 5.96. The first-order chi connectivity index (χ1) is 12.7. The third-order valence-corrected chi connectivity index (χ3v) is 5.96. The van der Waals surface area contributed by atoms with E-state index in [1.807, 2.05) is 0 Å². The SMILES string of the molecule is NCC1CCC(C(=O)NC(Cc2ccc3ccccc3c2)C2CO2)CC1.